The third-order valence-electron chi connectivity index (χ3n) is 36.3. The molecule has 0 spiro atoms. The summed E-state index contributed by atoms with van der Waals surface area (Å²) < 4.78 is 0. The van der Waals surface area contributed by atoms with Gasteiger partial charge in [-0.2, -0.15) is 0 Å². The molecular formula is C122H106N4. The van der Waals surface area contributed by atoms with Gasteiger partial charge >= 0.3 is 0 Å². The van der Waals surface area contributed by atoms with E-state index in [1.54, 1.807) is 0 Å². The lowest BCUT2D eigenvalue weighted by Gasteiger charge is -2.50. The number of fused-ring (bicyclic) bond motifs is 22. The van der Waals surface area contributed by atoms with Crippen molar-refractivity contribution in [3.63, 3.8) is 0 Å². The van der Waals surface area contributed by atoms with Crippen LogP contribution in [0.4, 0.5) is 45.5 Å². The molecule has 0 bridgehead atoms. The van der Waals surface area contributed by atoms with Gasteiger partial charge in [-0.1, -0.05) is 297 Å². The highest BCUT2D eigenvalue weighted by molar-refractivity contribution is 6.40. The lowest BCUT2D eigenvalue weighted by molar-refractivity contribution is 0.195. The van der Waals surface area contributed by atoms with Crippen LogP contribution in [0, 0.1) is 0 Å². The Balaban J connectivity index is 0.689. The first-order valence-electron chi connectivity index (χ1n) is 47.5. The van der Waals surface area contributed by atoms with Crippen LogP contribution in [0.25, 0.3) is 152 Å². The molecule has 4 fully saturated rings. The van der Waals surface area contributed by atoms with E-state index in [2.05, 4.69) is 378 Å². The van der Waals surface area contributed by atoms with Crippen LogP contribution < -0.4 is 19.6 Å². The third-order valence-corrected chi connectivity index (χ3v) is 36.3. The molecule has 19 aromatic rings. The first-order chi connectivity index (χ1) is 61.4. The zero-order valence-corrected chi connectivity index (χ0v) is 74.0. The molecule has 8 aliphatic rings. The maximum absolute atomic E-state index is 2.80. The van der Waals surface area contributed by atoms with Gasteiger partial charge in [-0.15, -0.1) is 0 Å². The molecule has 4 heteroatoms. The predicted octanol–water partition coefficient (Wildman–Crippen LogP) is 33.7. The lowest BCUT2D eigenvalue weighted by atomic mass is 9.61. The zero-order chi connectivity index (χ0) is 84.1. The van der Waals surface area contributed by atoms with E-state index in [1.807, 2.05) is 0 Å². The summed E-state index contributed by atoms with van der Waals surface area (Å²) in [6, 6.07) is 121. The van der Waals surface area contributed by atoms with E-state index in [0.717, 1.165) is 51.4 Å². The van der Waals surface area contributed by atoms with Gasteiger partial charge in [0, 0.05) is 88.7 Å². The molecule has 4 aliphatic heterocycles. The Morgan fingerprint density at radius 1 is 0.175 bits per heavy atom. The Morgan fingerprint density at radius 3 is 0.643 bits per heavy atom. The standard InChI is InChI=1S/C122H106N4/c1-115-61-17-21-65-119(115,5)123(103-41-25-33-75-29-9-13-37-83(75)103)107-57-45-79(69-99(107)115)87-49-53-91-95-73-97-93-55-51-89(81-47-59-109-101(71-81)117(3)63-19-23-67-121(117,7)125(109)105-43-27-35-77-31-11-15-39-85(77)105)112-90(82-48-60-110-102(72-82)118(4)64-20-24-68-122(118,8)126(110)106-44-28-36-78-32-12-16-40-86(78)106)52-56-94(114(93)112)98(97)74-96(95)92-54-50-88(111(87)113(91)92)80-46-58-108-100(70-80)116(2)62-18-22-66-120(116,6)124(108)104-42-26-34-76-30-10-14-38-84(76)104/h9-16,25-60,69-74H,17-24,61-68H2,1-8H3. The zero-order valence-electron chi connectivity index (χ0n) is 74.0. The van der Waals surface area contributed by atoms with Crippen LogP contribution in [0.5, 0.6) is 0 Å². The molecule has 614 valence electrons. The largest absolute Gasteiger partial charge is 0.334 e. The molecule has 27 rings (SSSR count). The van der Waals surface area contributed by atoms with Crippen LogP contribution >= 0.6 is 0 Å². The summed E-state index contributed by atoms with van der Waals surface area (Å²) in [4.78, 5) is 11.2. The highest BCUT2D eigenvalue weighted by Gasteiger charge is 2.62. The number of anilines is 8. The fourth-order valence-electron chi connectivity index (χ4n) is 29.1. The van der Waals surface area contributed by atoms with E-state index in [9.17, 15) is 0 Å². The van der Waals surface area contributed by atoms with E-state index in [0.29, 0.717) is 0 Å². The summed E-state index contributed by atoms with van der Waals surface area (Å²) in [5.74, 6) is 0. The van der Waals surface area contributed by atoms with E-state index in [1.165, 1.54) is 271 Å². The fourth-order valence-corrected chi connectivity index (χ4v) is 29.1. The Labute approximate surface area is 739 Å². The monoisotopic (exact) mass is 1630 g/mol. The summed E-state index contributed by atoms with van der Waals surface area (Å²) in [5.41, 5.74) is 26.3. The topological polar surface area (TPSA) is 13.0 Å². The van der Waals surface area contributed by atoms with Crippen molar-refractivity contribution in [3.8, 4) is 44.5 Å². The van der Waals surface area contributed by atoms with E-state index < -0.39 is 0 Å². The van der Waals surface area contributed by atoms with Gasteiger partial charge in [0.1, 0.15) is 0 Å². The highest BCUT2D eigenvalue weighted by Crippen LogP contribution is 2.69. The molecule has 19 aromatic carbocycles. The van der Waals surface area contributed by atoms with Crippen molar-refractivity contribution < 1.29 is 0 Å². The molecule has 126 heavy (non-hydrogen) atoms. The van der Waals surface area contributed by atoms with Gasteiger partial charge < -0.3 is 19.6 Å². The van der Waals surface area contributed by atoms with Crippen LogP contribution in [0.15, 0.2) is 303 Å². The minimum atomic E-state index is -0.121. The molecule has 4 saturated carbocycles. The van der Waals surface area contributed by atoms with Crippen LogP contribution in [-0.2, 0) is 21.7 Å². The van der Waals surface area contributed by atoms with Gasteiger partial charge in [0.15, 0.2) is 0 Å². The molecular weight excluding hydrogens is 1520 g/mol. The van der Waals surface area contributed by atoms with Gasteiger partial charge in [0.05, 0.1) is 22.2 Å². The van der Waals surface area contributed by atoms with E-state index >= 15 is 0 Å². The van der Waals surface area contributed by atoms with Crippen LogP contribution in [0.2, 0.25) is 0 Å². The molecule has 0 N–H and O–H groups in total. The highest BCUT2D eigenvalue weighted by atomic mass is 15.3. The number of hydrogen-bond donors (Lipinski definition) is 0. The number of rotatable bonds is 8. The van der Waals surface area contributed by atoms with Crippen LogP contribution in [0.1, 0.15) is 180 Å². The molecule has 0 saturated heterocycles. The Hall–Kier alpha value is -12.5. The second kappa shape index (κ2) is 25.7. The summed E-state index contributed by atoms with van der Waals surface area (Å²) in [5, 5.41) is 26.5. The van der Waals surface area contributed by atoms with Crippen molar-refractivity contribution in [3.05, 3.63) is 326 Å². The minimum Gasteiger partial charge on any atom is -0.334 e. The Bertz CT molecular complexity index is 7020. The first kappa shape index (κ1) is 73.8. The molecule has 0 amide bonds. The van der Waals surface area contributed by atoms with Gasteiger partial charge in [-0.3, -0.25) is 0 Å². The van der Waals surface area contributed by atoms with Gasteiger partial charge in [-0.25, -0.2) is 0 Å². The van der Waals surface area contributed by atoms with Crippen LogP contribution in [0.3, 0.4) is 0 Å². The molecule has 0 radical (unpaired) electrons. The second-order valence-corrected chi connectivity index (χ2v) is 41.6. The second-order valence-electron chi connectivity index (χ2n) is 41.6. The molecule has 4 heterocycles. The normalized spacial score (nSPS) is 25.5. The summed E-state index contributed by atoms with van der Waals surface area (Å²) in [7, 11) is 0. The molecule has 8 unspecified atom stereocenters. The Kier molecular flexibility index (Phi) is 15.0. The lowest BCUT2D eigenvalue weighted by Crippen LogP contribution is -2.54. The van der Waals surface area contributed by atoms with Crippen molar-refractivity contribution in [2.24, 2.45) is 0 Å². The number of benzene rings is 17. The Morgan fingerprint density at radius 2 is 0.397 bits per heavy atom. The number of hydrogen-bond acceptors (Lipinski definition) is 4. The minimum absolute atomic E-state index is 0.0884. The summed E-state index contributed by atoms with van der Waals surface area (Å²) >= 11 is 0. The predicted molar refractivity (Wildman–Crippen MR) is 537 cm³/mol. The van der Waals surface area contributed by atoms with Crippen molar-refractivity contribution in [1.82, 2.24) is 0 Å². The van der Waals surface area contributed by atoms with Crippen LogP contribution in [-0.4, -0.2) is 22.2 Å². The first-order valence-corrected chi connectivity index (χ1v) is 47.5. The smallest absolute Gasteiger partial charge is 0.0518 e. The molecule has 4 nitrogen and oxygen atoms in total. The molecule has 8 atom stereocenters. The summed E-state index contributed by atoms with van der Waals surface area (Å²) in [6.07, 6.45) is 18.9. The van der Waals surface area contributed by atoms with Gasteiger partial charge in [0.25, 0.3) is 0 Å². The number of nitrogens with zero attached hydrogens (tertiary/aromatic N) is 4. The maximum atomic E-state index is 2.80. The van der Waals surface area contributed by atoms with Crippen molar-refractivity contribution in [2.45, 2.75) is 202 Å². The average molecular weight is 1630 g/mol. The fraction of sp³-hybridized carbons (Fsp3) is 0.262. The molecule has 0 aromatic heterocycles. The van der Waals surface area contributed by atoms with Crippen molar-refractivity contribution in [1.29, 1.82) is 0 Å². The SMILES string of the molecule is CC12CCCCC1(C)N(c1cccc3ccccc13)c1ccc(-c3ccc4c5cc6c(cc5c5ccc(-c7ccc8c(c7)C7(C)CCCCC7(C)N8c7cccc8ccccc78)c3c45)c3ccc(-c4ccc5c(c4)C4(C)CCCCC4(C)N5c4cccc5ccccc45)c4c(-c5ccc7c(c5)C5(C)CCCCC5(C)N7c5cccc7ccccc57)ccc6c43)cc12. The van der Waals surface area contributed by atoms with E-state index in [4.69, 9.17) is 0 Å². The average Bonchev–Trinajstić information content (AvgIpc) is 1.54. The quantitative estimate of drug-likeness (QED) is 0.150. The molecule has 4 aliphatic carbocycles. The van der Waals surface area contributed by atoms with Crippen molar-refractivity contribution >= 4 is 153 Å². The summed E-state index contributed by atoms with van der Waals surface area (Å²) in [6.45, 7) is 20.9. The van der Waals surface area contributed by atoms with E-state index in [-0.39, 0.29) is 43.8 Å². The van der Waals surface area contributed by atoms with Crippen molar-refractivity contribution in [2.75, 3.05) is 19.6 Å². The van der Waals surface area contributed by atoms with Gasteiger partial charge in [-0.05, 0) is 317 Å². The maximum Gasteiger partial charge on any atom is 0.0518 e. The third kappa shape index (κ3) is 9.26. The van der Waals surface area contributed by atoms with Gasteiger partial charge in [0.2, 0.25) is 0 Å².